The molecule has 0 atom stereocenters. The van der Waals surface area contributed by atoms with Crippen molar-refractivity contribution in [3.8, 4) is 0 Å². The lowest BCUT2D eigenvalue weighted by Gasteiger charge is -1.96. The number of furan rings is 1. The van der Waals surface area contributed by atoms with Gasteiger partial charge < -0.3 is 9.52 Å². The molecule has 0 fully saturated rings. The van der Waals surface area contributed by atoms with E-state index in [4.69, 9.17) is 9.52 Å². The van der Waals surface area contributed by atoms with Crippen molar-refractivity contribution in [1.29, 1.82) is 0 Å². The standard InChI is InChI=1S/C9H6INO3/c10-8-7(11-9(12)13)5-3-1-2-4-6(5)14-8/h1-4,11H,(H,12,13). The van der Waals surface area contributed by atoms with Gasteiger partial charge in [0.2, 0.25) is 0 Å². The van der Waals surface area contributed by atoms with Crippen LogP contribution in [-0.2, 0) is 0 Å². The van der Waals surface area contributed by atoms with E-state index in [0.717, 1.165) is 5.39 Å². The summed E-state index contributed by atoms with van der Waals surface area (Å²) < 4.78 is 5.91. The summed E-state index contributed by atoms with van der Waals surface area (Å²) in [5.74, 6) is 0. The van der Waals surface area contributed by atoms with E-state index >= 15 is 0 Å². The van der Waals surface area contributed by atoms with Crippen LogP contribution in [-0.4, -0.2) is 11.2 Å². The first-order valence-electron chi connectivity index (χ1n) is 3.85. The summed E-state index contributed by atoms with van der Waals surface area (Å²) in [4.78, 5) is 10.5. The van der Waals surface area contributed by atoms with Crippen molar-refractivity contribution in [1.82, 2.24) is 0 Å². The minimum absolute atomic E-state index is 0.508. The van der Waals surface area contributed by atoms with Crippen LogP contribution in [0.5, 0.6) is 0 Å². The molecule has 2 rings (SSSR count). The Kier molecular flexibility index (Phi) is 2.32. The Hall–Kier alpha value is -1.24. The van der Waals surface area contributed by atoms with E-state index in [2.05, 4.69) is 5.32 Å². The molecule has 2 aromatic rings. The van der Waals surface area contributed by atoms with Gasteiger partial charge in [-0.1, -0.05) is 12.1 Å². The Bertz CT molecular complexity index is 492. The lowest BCUT2D eigenvalue weighted by molar-refractivity contribution is 0.209. The molecule has 5 heteroatoms. The Morgan fingerprint density at radius 1 is 1.43 bits per heavy atom. The number of rotatable bonds is 1. The van der Waals surface area contributed by atoms with Crippen LogP contribution in [0.2, 0.25) is 0 Å². The normalized spacial score (nSPS) is 10.4. The van der Waals surface area contributed by atoms with E-state index in [0.29, 0.717) is 15.0 Å². The molecule has 0 saturated heterocycles. The monoisotopic (exact) mass is 303 g/mol. The Morgan fingerprint density at radius 2 is 2.14 bits per heavy atom. The zero-order valence-electron chi connectivity index (χ0n) is 6.95. The van der Waals surface area contributed by atoms with Crippen LogP contribution in [0.3, 0.4) is 0 Å². The van der Waals surface area contributed by atoms with Crippen molar-refractivity contribution in [2.45, 2.75) is 0 Å². The number of para-hydroxylation sites is 1. The molecule has 0 aliphatic rings. The molecule has 4 nitrogen and oxygen atoms in total. The molecule has 0 unspecified atom stereocenters. The number of anilines is 1. The third-order valence-corrected chi connectivity index (χ3v) is 2.54. The van der Waals surface area contributed by atoms with Gasteiger partial charge in [-0.3, -0.25) is 5.32 Å². The quantitative estimate of drug-likeness (QED) is 0.796. The van der Waals surface area contributed by atoms with Gasteiger partial charge in [0.15, 0.2) is 3.77 Å². The fourth-order valence-electron chi connectivity index (χ4n) is 1.24. The largest absolute Gasteiger partial charge is 0.465 e. The van der Waals surface area contributed by atoms with E-state index in [9.17, 15) is 4.79 Å². The van der Waals surface area contributed by atoms with Crippen molar-refractivity contribution >= 4 is 45.3 Å². The van der Waals surface area contributed by atoms with Crippen molar-refractivity contribution < 1.29 is 14.3 Å². The highest BCUT2D eigenvalue weighted by atomic mass is 127. The zero-order valence-corrected chi connectivity index (χ0v) is 9.11. The van der Waals surface area contributed by atoms with Gasteiger partial charge in [0, 0.05) is 28.0 Å². The van der Waals surface area contributed by atoms with Crippen LogP contribution in [0.25, 0.3) is 11.0 Å². The molecule has 14 heavy (non-hydrogen) atoms. The number of carbonyl (C=O) groups is 1. The highest BCUT2D eigenvalue weighted by molar-refractivity contribution is 14.1. The maximum absolute atomic E-state index is 10.5. The molecule has 72 valence electrons. The summed E-state index contributed by atoms with van der Waals surface area (Å²) in [7, 11) is 0. The van der Waals surface area contributed by atoms with Gasteiger partial charge in [0.25, 0.3) is 0 Å². The first kappa shape index (κ1) is 9.32. The molecule has 0 bridgehead atoms. The van der Waals surface area contributed by atoms with Crippen LogP contribution in [0.15, 0.2) is 28.7 Å². The third-order valence-electron chi connectivity index (χ3n) is 1.78. The average Bonchev–Trinajstić information content (AvgIpc) is 2.43. The maximum atomic E-state index is 10.5. The van der Waals surface area contributed by atoms with Crippen molar-refractivity contribution in [3.63, 3.8) is 0 Å². The van der Waals surface area contributed by atoms with Gasteiger partial charge in [-0.25, -0.2) is 4.79 Å². The van der Waals surface area contributed by atoms with E-state index in [1.54, 1.807) is 6.07 Å². The van der Waals surface area contributed by atoms with Crippen molar-refractivity contribution in [3.05, 3.63) is 28.0 Å². The SMILES string of the molecule is O=C(O)Nc1c(I)oc2ccccc12. The number of nitrogens with one attached hydrogen (secondary N) is 1. The number of hydrogen-bond donors (Lipinski definition) is 2. The molecule has 0 aliphatic heterocycles. The molecular weight excluding hydrogens is 297 g/mol. The van der Waals surface area contributed by atoms with Gasteiger partial charge in [-0.2, -0.15) is 0 Å². The second-order valence-corrected chi connectivity index (χ2v) is 3.66. The van der Waals surface area contributed by atoms with Crippen LogP contribution >= 0.6 is 22.6 Å². The third kappa shape index (κ3) is 1.54. The highest BCUT2D eigenvalue weighted by Crippen LogP contribution is 2.31. The summed E-state index contributed by atoms with van der Waals surface area (Å²) >= 11 is 1.95. The molecule has 0 radical (unpaired) electrons. The van der Waals surface area contributed by atoms with Gasteiger partial charge in [0.05, 0.1) is 0 Å². The summed E-state index contributed by atoms with van der Waals surface area (Å²) in [6.07, 6.45) is -1.09. The second-order valence-electron chi connectivity index (χ2n) is 2.68. The Morgan fingerprint density at radius 3 is 2.86 bits per heavy atom. The number of benzene rings is 1. The first-order valence-corrected chi connectivity index (χ1v) is 4.93. The van der Waals surface area contributed by atoms with E-state index in [-0.39, 0.29) is 0 Å². The van der Waals surface area contributed by atoms with Crippen LogP contribution < -0.4 is 5.32 Å². The topological polar surface area (TPSA) is 62.5 Å². The predicted molar refractivity (Wildman–Crippen MR) is 60.6 cm³/mol. The summed E-state index contributed by atoms with van der Waals surface area (Å²) in [6, 6.07) is 7.28. The second kappa shape index (κ2) is 3.49. The molecule has 0 spiro atoms. The van der Waals surface area contributed by atoms with E-state index in [1.807, 2.05) is 40.8 Å². The van der Waals surface area contributed by atoms with Gasteiger partial charge >= 0.3 is 6.09 Å². The van der Waals surface area contributed by atoms with E-state index in [1.165, 1.54) is 0 Å². The number of hydrogen-bond acceptors (Lipinski definition) is 2. The van der Waals surface area contributed by atoms with Crippen LogP contribution in [0.1, 0.15) is 0 Å². The number of carboxylic acid groups (broad SMARTS) is 1. The molecule has 1 aromatic carbocycles. The minimum Gasteiger partial charge on any atom is -0.465 e. The van der Waals surface area contributed by atoms with E-state index < -0.39 is 6.09 Å². The lowest BCUT2D eigenvalue weighted by Crippen LogP contribution is -2.07. The van der Waals surface area contributed by atoms with Crippen molar-refractivity contribution in [2.24, 2.45) is 0 Å². The fraction of sp³-hybridized carbons (Fsp3) is 0. The maximum Gasteiger partial charge on any atom is 0.409 e. The number of fused-ring (bicyclic) bond motifs is 1. The molecule has 0 aliphatic carbocycles. The average molecular weight is 303 g/mol. The van der Waals surface area contributed by atoms with Crippen LogP contribution in [0, 0.1) is 3.77 Å². The van der Waals surface area contributed by atoms with Gasteiger partial charge in [-0.15, -0.1) is 0 Å². The molecule has 0 saturated carbocycles. The molecule has 1 aromatic heterocycles. The summed E-state index contributed by atoms with van der Waals surface area (Å²) in [5, 5.41) is 11.7. The minimum atomic E-state index is -1.09. The molecule has 1 amide bonds. The van der Waals surface area contributed by atoms with Gasteiger partial charge in [0.1, 0.15) is 11.3 Å². The number of halogens is 1. The summed E-state index contributed by atoms with van der Waals surface area (Å²) in [6.45, 7) is 0. The zero-order chi connectivity index (χ0) is 10.1. The fourth-order valence-corrected chi connectivity index (χ4v) is 1.90. The smallest absolute Gasteiger partial charge is 0.409 e. The molecular formula is C9H6INO3. The Balaban J connectivity index is 2.62. The number of amides is 1. The first-order chi connectivity index (χ1) is 6.68. The van der Waals surface area contributed by atoms with Crippen LogP contribution in [0.4, 0.5) is 10.5 Å². The lowest BCUT2D eigenvalue weighted by atomic mass is 10.2. The molecule has 1 heterocycles. The Labute approximate surface area is 93.0 Å². The van der Waals surface area contributed by atoms with Crippen molar-refractivity contribution in [2.75, 3.05) is 5.32 Å². The van der Waals surface area contributed by atoms with Gasteiger partial charge in [-0.05, 0) is 12.1 Å². The highest BCUT2D eigenvalue weighted by Gasteiger charge is 2.12. The predicted octanol–water partition coefficient (Wildman–Crippen LogP) is 3.13. The molecule has 2 N–H and O–H groups in total. The summed E-state index contributed by atoms with van der Waals surface area (Å²) in [5.41, 5.74) is 1.19.